The molecule has 0 radical (unpaired) electrons. The van der Waals surface area contributed by atoms with Crippen LogP contribution in [0.2, 0.25) is 18.6 Å². The van der Waals surface area contributed by atoms with Gasteiger partial charge in [0.05, 0.1) is 14.2 Å². The summed E-state index contributed by atoms with van der Waals surface area (Å²) in [6.07, 6.45) is 4.50. The zero-order valence-corrected chi connectivity index (χ0v) is 11.3. The van der Waals surface area contributed by atoms with E-state index in [9.17, 15) is 5.11 Å². The van der Waals surface area contributed by atoms with Crippen molar-refractivity contribution in [1.29, 1.82) is 0 Å². The number of aliphatic hydroxyl groups excluding tert-OH is 1. The van der Waals surface area contributed by atoms with Gasteiger partial charge in [0.15, 0.2) is 0 Å². The molecule has 1 aliphatic carbocycles. The van der Waals surface area contributed by atoms with Gasteiger partial charge in [-0.2, -0.15) is 0 Å². The fraction of sp³-hybridized carbons (Fsp3) is 0.571. The Morgan fingerprint density at radius 3 is 2.44 bits per heavy atom. The minimum absolute atomic E-state index is 0.0470. The Hall–Kier alpha value is -0.603. The van der Waals surface area contributed by atoms with Crippen molar-refractivity contribution in [3.05, 3.63) is 30.3 Å². The molecule has 0 saturated heterocycles. The second-order valence-electron chi connectivity index (χ2n) is 5.61. The molecule has 1 aromatic rings. The molecule has 0 amide bonds. The Labute approximate surface area is 99.5 Å². The molecule has 0 bridgehead atoms. The lowest BCUT2D eigenvalue weighted by atomic mass is 9.97. The second kappa shape index (κ2) is 4.72. The van der Waals surface area contributed by atoms with Crippen molar-refractivity contribution in [3.63, 3.8) is 0 Å². The van der Waals surface area contributed by atoms with E-state index in [0.717, 1.165) is 18.4 Å². The normalized spacial score (nSPS) is 26.7. The molecule has 1 aliphatic rings. The molecule has 0 spiro atoms. The molecular formula is C14H22OSi. The van der Waals surface area contributed by atoms with E-state index in [1.807, 2.05) is 0 Å². The van der Waals surface area contributed by atoms with Gasteiger partial charge in [-0.05, 0) is 18.4 Å². The lowest BCUT2D eigenvalue weighted by Gasteiger charge is -2.37. The van der Waals surface area contributed by atoms with Crippen LogP contribution in [-0.4, -0.2) is 19.3 Å². The van der Waals surface area contributed by atoms with E-state index in [4.69, 9.17) is 0 Å². The second-order valence-corrected chi connectivity index (χ2v) is 10.4. The Balaban J connectivity index is 2.18. The van der Waals surface area contributed by atoms with E-state index in [1.165, 1.54) is 18.0 Å². The third-order valence-corrected chi connectivity index (χ3v) is 8.57. The summed E-state index contributed by atoms with van der Waals surface area (Å²) in [5, 5.41) is 11.3. The summed E-state index contributed by atoms with van der Waals surface area (Å²) >= 11 is 0. The molecule has 1 fully saturated rings. The molecule has 0 aliphatic heterocycles. The van der Waals surface area contributed by atoms with Gasteiger partial charge in [-0.1, -0.05) is 61.5 Å². The summed E-state index contributed by atoms with van der Waals surface area (Å²) in [4.78, 5) is 0. The summed E-state index contributed by atoms with van der Waals surface area (Å²) in [7, 11) is -1.38. The number of aliphatic hydroxyl groups is 1. The van der Waals surface area contributed by atoms with Crippen molar-refractivity contribution < 1.29 is 5.11 Å². The molecule has 16 heavy (non-hydrogen) atoms. The van der Waals surface area contributed by atoms with Gasteiger partial charge >= 0.3 is 0 Å². The molecule has 1 N–H and O–H groups in total. The topological polar surface area (TPSA) is 20.2 Å². The van der Waals surface area contributed by atoms with E-state index in [0.29, 0.717) is 0 Å². The van der Waals surface area contributed by atoms with Gasteiger partial charge in [-0.15, -0.1) is 0 Å². The van der Waals surface area contributed by atoms with Crippen LogP contribution in [0.3, 0.4) is 0 Å². The smallest absolute Gasteiger partial charge is 0.0837 e. The quantitative estimate of drug-likeness (QED) is 0.780. The average molecular weight is 234 g/mol. The van der Waals surface area contributed by atoms with Gasteiger partial charge in [-0.25, -0.2) is 0 Å². The largest absolute Gasteiger partial charge is 0.393 e. The van der Waals surface area contributed by atoms with Crippen LogP contribution in [0, 0.1) is 0 Å². The minimum Gasteiger partial charge on any atom is -0.393 e. The van der Waals surface area contributed by atoms with E-state index in [1.54, 1.807) is 0 Å². The van der Waals surface area contributed by atoms with Crippen LogP contribution in [-0.2, 0) is 0 Å². The maximum Gasteiger partial charge on any atom is 0.0837 e. The monoisotopic (exact) mass is 234 g/mol. The molecular weight excluding hydrogens is 212 g/mol. The number of benzene rings is 1. The maximum atomic E-state index is 9.81. The first-order valence-electron chi connectivity index (χ1n) is 6.34. The number of hydrogen-bond donors (Lipinski definition) is 1. The molecule has 2 rings (SSSR count). The Morgan fingerprint density at radius 2 is 1.81 bits per heavy atom. The molecule has 1 saturated carbocycles. The molecule has 2 atom stereocenters. The van der Waals surface area contributed by atoms with Crippen LogP contribution < -0.4 is 5.19 Å². The van der Waals surface area contributed by atoms with Crippen molar-refractivity contribution in [1.82, 2.24) is 0 Å². The lowest BCUT2D eigenvalue weighted by molar-refractivity contribution is 0.129. The highest BCUT2D eigenvalue weighted by atomic mass is 28.3. The SMILES string of the molecule is C[Si](C)(c1ccccc1)[C@@H]1CCC[C@@H](O)C1. The van der Waals surface area contributed by atoms with E-state index < -0.39 is 8.07 Å². The fourth-order valence-electron chi connectivity index (χ4n) is 2.92. The van der Waals surface area contributed by atoms with Crippen molar-refractivity contribution in [2.45, 2.75) is 50.4 Å². The van der Waals surface area contributed by atoms with Gasteiger partial charge < -0.3 is 5.11 Å². The molecule has 0 unspecified atom stereocenters. The van der Waals surface area contributed by atoms with E-state index >= 15 is 0 Å². The summed E-state index contributed by atoms with van der Waals surface area (Å²) in [6, 6.07) is 10.9. The predicted octanol–water partition coefficient (Wildman–Crippen LogP) is 2.91. The summed E-state index contributed by atoms with van der Waals surface area (Å²) in [6.45, 7) is 4.90. The zero-order valence-electron chi connectivity index (χ0n) is 10.3. The predicted molar refractivity (Wildman–Crippen MR) is 71.8 cm³/mol. The highest BCUT2D eigenvalue weighted by molar-refractivity contribution is 6.91. The van der Waals surface area contributed by atoms with Crippen LogP contribution in [0.15, 0.2) is 30.3 Å². The molecule has 1 nitrogen and oxygen atoms in total. The van der Waals surface area contributed by atoms with Crippen LogP contribution in [0.5, 0.6) is 0 Å². The third-order valence-electron chi connectivity index (χ3n) is 4.18. The van der Waals surface area contributed by atoms with Gasteiger partial charge in [0, 0.05) is 0 Å². The van der Waals surface area contributed by atoms with Gasteiger partial charge in [0.1, 0.15) is 0 Å². The highest BCUT2D eigenvalue weighted by Crippen LogP contribution is 2.36. The van der Waals surface area contributed by atoms with Crippen molar-refractivity contribution in [2.75, 3.05) is 0 Å². The van der Waals surface area contributed by atoms with E-state index in [-0.39, 0.29) is 6.10 Å². The summed E-state index contributed by atoms with van der Waals surface area (Å²) in [5.41, 5.74) is 0.749. The fourth-order valence-corrected chi connectivity index (χ4v) is 6.23. The Morgan fingerprint density at radius 1 is 1.12 bits per heavy atom. The number of hydrogen-bond acceptors (Lipinski definition) is 1. The molecule has 0 heterocycles. The van der Waals surface area contributed by atoms with Crippen LogP contribution >= 0.6 is 0 Å². The van der Waals surface area contributed by atoms with Gasteiger partial charge in [0.25, 0.3) is 0 Å². The summed E-state index contributed by atoms with van der Waals surface area (Å²) in [5.74, 6) is 0. The first-order chi connectivity index (χ1) is 7.60. The Bertz CT molecular complexity index is 334. The highest BCUT2D eigenvalue weighted by Gasteiger charge is 2.36. The summed E-state index contributed by atoms with van der Waals surface area (Å²) < 4.78 is 0. The van der Waals surface area contributed by atoms with Crippen molar-refractivity contribution in [3.8, 4) is 0 Å². The third kappa shape index (κ3) is 2.38. The van der Waals surface area contributed by atoms with Gasteiger partial charge in [0.2, 0.25) is 0 Å². The lowest BCUT2D eigenvalue weighted by Crippen LogP contribution is -2.47. The zero-order chi connectivity index (χ0) is 11.6. The van der Waals surface area contributed by atoms with Gasteiger partial charge in [-0.3, -0.25) is 0 Å². The van der Waals surface area contributed by atoms with Crippen LogP contribution in [0.1, 0.15) is 25.7 Å². The first-order valence-corrected chi connectivity index (χ1v) is 9.42. The van der Waals surface area contributed by atoms with Crippen molar-refractivity contribution >= 4 is 13.3 Å². The molecule has 88 valence electrons. The number of rotatable bonds is 2. The molecule has 0 aromatic heterocycles. The van der Waals surface area contributed by atoms with Crippen LogP contribution in [0.4, 0.5) is 0 Å². The van der Waals surface area contributed by atoms with Crippen LogP contribution in [0.25, 0.3) is 0 Å². The average Bonchev–Trinajstić information content (AvgIpc) is 2.30. The maximum absolute atomic E-state index is 9.81. The molecule has 1 aromatic carbocycles. The molecule has 2 heteroatoms. The minimum atomic E-state index is -1.38. The Kier molecular flexibility index (Phi) is 3.50. The van der Waals surface area contributed by atoms with E-state index in [2.05, 4.69) is 43.4 Å². The first kappa shape index (κ1) is 11.9. The van der Waals surface area contributed by atoms with Crippen molar-refractivity contribution in [2.24, 2.45) is 0 Å². The standard InChI is InChI=1S/C14H22OSi/c1-16(2,13-8-4-3-5-9-13)14-10-6-7-12(15)11-14/h3-5,8-9,12,14-15H,6-7,10-11H2,1-2H3/t12-,14-/m1/s1.